The molecule has 2 nitrogen and oxygen atoms in total. The first-order chi connectivity index (χ1) is 9.93. The number of carbonyl (C=O) groups excluding carboxylic acids is 1. The van der Waals surface area contributed by atoms with Crippen molar-refractivity contribution in [3.8, 4) is 5.75 Å². The average molecular weight is 301 g/mol. The van der Waals surface area contributed by atoms with Gasteiger partial charge in [-0.15, -0.1) is 0 Å². The summed E-state index contributed by atoms with van der Waals surface area (Å²) in [6.45, 7) is 4.11. The van der Waals surface area contributed by atoms with E-state index in [1.807, 2.05) is 42.5 Å². The molecule has 0 fully saturated rings. The van der Waals surface area contributed by atoms with Gasteiger partial charge in [0.2, 0.25) is 0 Å². The maximum atomic E-state index is 12.4. The van der Waals surface area contributed by atoms with E-state index in [1.54, 1.807) is 0 Å². The fraction of sp³-hybridized carbons (Fsp3) is 0.278. The third-order valence-electron chi connectivity index (χ3n) is 3.64. The van der Waals surface area contributed by atoms with Gasteiger partial charge < -0.3 is 4.74 Å². The Morgan fingerprint density at radius 3 is 2.81 bits per heavy atom. The van der Waals surface area contributed by atoms with Crippen molar-refractivity contribution in [3.05, 3.63) is 64.2 Å². The topological polar surface area (TPSA) is 26.3 Å². The monoisotopic (exact) mass is 300 g/mol. The van der Waals surface area contributed by atoms with Crippen LogP contribution >= 0.6 is 11.6 Å². The van der Waals surface area contributed by atoms with Crippen LogP contribution in [0.5, 0.6) is 5.75 Å². The SMILES string of the molecule is CC1(C)Cc2cc(C(=O)Cc3cccc(Cl)c3)ccc2O1. The maximum Gasteiger partial charge on any atom is 0.167 e. The summed E-state index contributed by atoms with van der Waals surface area (Å²) in [6.07, 6.45) is 1.20. The molecule has 21 heavy (non-hydrogen) atoms. The normalized spacial score (nSPS) is 15.4. The van der Waals surface area contributed by atoms with Gasteiger partial charge in [0, 0.05) is 23.4 Å². The lowest BCUT2D eigenvalue weighted by molar-refractivity contribution is 0.0993. The number of rotatable bonds is 3. The molecule has 0 radical (unpaired) electrons. The molecule has 0 unspecified atom stereocenters. The number of ketones is 1. The minimum absolute atomic E-state index is 0.102. The van der Waals surface area contributed by atoms with E-state index >= 15 is 0 Å². The van der Waals surface area contributed by atoms with E-state index in [9.17, 15) is 4.79 Å². The van der Waals surface area contributed by atoms with Crippen molar-refractivity contribution in [2.24, 2.45) is 0 Å². The Kier molecular flexibility index (Phi) is 3.50. The summed E-state index contributed by atoms with van der Waals surface area (Å²) >= 11 is 5.95. The molecule has 0 amide bonds. The second-order valence-electron chi connectivity index (χ2n) is 6.09. The van der Waals surface area contributed by atoms with Gasteiger partial charge in [-0.25, -0.2) is 0 Å². The van der Waals surface area contributed by atoms with Crippen LogP contribution in [0.4, 0.5) is 0 Å². The molecule has 1 aliphatic rings. The zero-order chi connectivity index (χ0) is 15.0. The molecule has 1 aliphatic heterocycles. The Bertz CT molecular complexity index is 704. The molecule has 3 rings (SSSR count). The molecule has 0 N–H and O–H groups in total. The average Bonchev–Trinajstić information content (AvgIpc) is 2.71. The minimum Gasteiger partial charge on any atom is -0.487 e. The Hall–Kier alpha value is -1.80. The van der Waals surface area contributed by atoms with Crippen LogP contribution in [0.15, 0.2) is 42.5 Å². The van der Waals surface area contributed by atoms with Crippen LogP contribution in [0, 0.1) is 0 Å². The first kappa shape index (κ1) is 14.2. The fourth-order valence-electron chi connectivity index (χ4n) is 2.72. The molecule has 0 saturated heterocycles. The third kappa shape index (κ3) is 3.11. The molecule has 0 atom stereocenters. The maximum absolute atomic E-state index is 12.4. The lowest BCUT2D eigenvalue weighted by Gasteiger charge is -2.16. The molecular weight excluding hydrogens is 284 g/mol. The van der Waals surface area contributed by atoms with Gasteiger partial charge in [0.15, 0.2) is 5.78 Å². The van der Waals surface area contributed by atoms with E-state index in [0.29, 0.717) is 11.4 Å². The standard InChI is InChI=1S/C18H17ClO2/c1-18(2)11-14-10-13(6-7-17(14)21-18)16(20)9-12-4-3-5-15(19)8-12/h3-8,10H,9,11H2,1-2H3. The summed E-state index contributed by atoms with van der Waals surface area (Å²) in [6, 6.07) is 13.1. The zero-order valence-electron chi connectivity index (χ0n) is 12.2. The van der Waals surface area contributed by atoms with E-state index in [2.05, 4.69) is 13.8 Å². The van der Waals surface area contributed by atoms with Crippen LogP contribution in [0.2, 0.25) is 5.02 Å². The first-order valence-electron chi connectivity index (χ1n) is 7.02. The van der Waals surface area contributed by atoms with Crippen molar-refractivity contribution >= 4 is 17.4 Å². The van der Waals surface area contributed by atoms with Gasteiger partial charge in [-0.3, -0.25) is 4.79 Å². The number of benzene rings is 2. The van der Waals surface area contributed by atoms with Crippen LogP contribution in [0.3, 0.4) is 0 Å². The summed E-state index contributed by atoms with van der Waals surface area (Å²) in [5.74, 6) is 0.990. The van der Waals surface area contributed by atoms with Crippen LogP contribution in [-0.4, -0.2) is 11.4 Å². The van der Waals surface area contributed by atoms with E-state index < -0.39 is 0 Å². The van der Waals surface area contributed by atoms with E-state index in [0.717, 1.165) is 28.9 Å². The molecular formula is C18H17ClO2. The van der Waals surface area contributed by atoms with E-state index in [1.165, 1.54) is 0 Å². The zero-order valence-corrected chi connectivity index (χ0v) is 12.9. The van der Waals surface area contributed by atoms with E-state index in [-0.39, 0.29) is 11.4 Å². The smallest absolute Gasteiger partial charge is 0.167 e. The molecule has 2 aromatic rings. The highest BCUT2D eigenvalue weighted by atomic mass is 35.5. The second kappa shape index (κ2) is 5.19. The Morgan fingerprint density at radius 1 is 1.24 bits per heavy atom. The van der Waals surface area contributed by atoms with Crippen molar-refractivity contribution in [1.29, 1.82) is 0 Å². The van der Waals surface area contributed by atoms with Gasteiger partial charge in [-0.1, -0.05) is 23.7 Å². The lowest BCUT2D eigenvalue weighted by Crippen LogP contribution is -2.24. The largest absolute Gasteiger partial charge is 0.487 e. The summed E-state index contributed by atoms with van der Waals surface area (Å²) in [5, 5.41) is 0.657. The number of hydrogen-bond donors (Lipinski definition) is 0. The van der Waals surface area contributed by atoms with Crippen molar-refractivity contribution in [3.63, 3.8) is 0 Å². The van der Waals surface area contributed by atoms with Crippen molar-refractivity contribution in [2.75, 3.05) is 0 Å². The summed E-state index contributed by atoms with van der Waals surface area (Å²) in [4.78, 5) is 12.4. The number of ether oxygens (including phenoxy) is 1. The fourth-order valence-corrected chi connectivity index (χ4v) is 2.93. The Labute approximate surface area is 129 Å². The van der Waals surface area contributed by atoms with Crippen molar-refractivity contribution in [1.82, 2.24) is 0 Å². The molecule has 108 valence electrons. The molecule has 1 heterocycles. The molecule has 0 aromatic heterocycles. The number of halogens is 1. The first-order valence-corrected chi connectivity index (χ1v) is 7.40. The van der Waals surface area contributed by atoms with Crippen LogP contribution in [0.25, 0.3) is 0 Å². The summed E-state index contributed by atoms with van der Waals surface area (Å²) in [7, 11) is 0. The molecule has 3 heteroatoms. The van der Waals surface area contributed by atoms with Gasteiger partial charge in [0.1, 0.15) is 11.4 Å². The highest BCUT2D eigenvalue weighted by Crippen LogP contribution is 2.35. The van der Waals surface area contributed by atoms with Gasteiger partial charge in [-0.2, -0.15) is 0 Å². The third-order valence-corrected chi connectivity index (χ3v) is 3.87. The van der Waals surface area contributed by atoms with Gasteiger partial charge in [-0.05, 0) is 55.3 Å². The van der Waals surface area contributed by atoms with Gasteiger partial charge >= 0.3 is 0 Å². The Balaban J connectivity index is 1.81. The van der Waals surface area contributed by atoms with Crippen LogP contribution in [-0.2, 0) is 12.8 Å². The van der Waals surface area contributed by atoms with Crippen molar-refractivity contribution < 1.29 is 9.53 Å². The van der Waals surface area contributed by atoms with Crippen LogP contribution in [0.1, 0.15) is 35.3 Å². The molecule has 2 aromatic carbocycles. The molecule has 0 saturated carbocycles. The number of carbonyl (C=O) groups is 1. The summed E-state index contributed by atoms with van der Waals surface area (Å²) in [5.41, 5.74) is 2.59. The van der Waals surface area contributed by atoms with Gasteiger partial charge in [0.05, 0.1) is 0 Å². The second-order valence-corrected chi connectivity index (χ2v) is 6.53. The molecule has 0 aliphatic carbocycles. The lowest BCUT2D eigenvalue weighted by atomic mass is 9.97. The highest BCUT2D eigenvalue weighted by Gasteiger charge is 2.30. The van der Waals surface area contributed by atoms with E-state index in [4.69, 9.17) is 16.3 Å². The predicted octanol–water partition coefficient (Wildman–Crippen LogP) is 4.48. The Morgan fingerprint density at radius 2 is 2.05 bits per heavy atom. The minimum atomic E-state index is -0.184. The van der Waals surface area contributed by atoms with Gasteiger partial charge in [0.25, 0.3) is 0 Å². The highest BCUT2D eigenvalue weighted by molar-refractivity contribution is 6.30. The quantitative estimate of drug-likeness (QED) is 0.781. The number of fused-ring (bicyclic) bond motifs is 1. The predicted molar refractivity (Wildman–Crippen MR) is 84.3 cm³/mol. The van der Waals surface area contributed by atoms with Crippen molar-refractivity contribution in [2.45, 2.75) is 32.3 Å². The number of Topliss-reactive ketones (excluding diaryl/α,β-unsaturated/α-hetero) is 1. The molecule has 0 spiro atoms. The summed E-state index contributed by atoms with van der Waals surface area (Å²) < 4.78 is 5.83. The van der Waals surface area contributed by atoms with Crippen LogP contribution < -0.4 is 4.74 Å². The number of hydrogen-bond acceptors (Lipinski definition) is 2. The molecule has 0 bridgehead atoms.